The van der Waals surface area contributed by atoms with E-state index in [4.69, 9.17) is 9.84 Å². The van der Waals surface area contributed by atoms with Crippen LogP contribution in [0, 0.1) is 0 Å². The molecule has 1 amide bonds. The summed E-state index contributed by atoms with van der Waals surface area (Å²) in [5.74, 6) is 2.10. The summed E-state index contributed by atoms with van der Waals surface area (Å²) in [6.45, 7) is 13.3. The third kappa shape index (κ3) is 6.39. The number of rotatable bonds is 4. The Morgan fingerprint density at radius 2 is 1.94 bits per heavy atom. The Balaban J connectivity index is 1.61. The lowest BCUT2D eigenvalue weighted by Crippen LogP contribution is -2.49. The third-order valence-electron chi connectivity index (χ3n) is 5.30. The highest BCUT2D eigenvalue weighted by atomic mass is 79.9. The quantitative estimate of drug-likeness (QED) is 0.488. The molecule has 0 saturated carbocycles. The Labute approximate surface area is 214 Å². The number of nitrogens with one attached hydrogen (secondary N) is 2. The summed E-state index contributed by atoms with van der Waals surface area (Å²) in [6.07, 6.45) is 3.19. The van der Waals surface area contributed by atoms with Crippen LogP contribution in [0.1, 0.15) is 54.4 Å². The van der Waals surface area contributed by atoms with Crippen molar-refractivity contribution < 1.29 is 9.53 Å². The number of anilines is 2. The van der Waals surface area contributed by atoms with Gasteiger partial charge < -0.3 is 20.3 Å². The van der Waals surface area contributed by atoms with E-state index in [2.05, 4.69) is 67.4 Å². The van der Waals surface area contributed by atoms with E-state index in [9.17, 15) is 4.79 Å². The maximum Gasteiger partial charge on any atom is 0.407 e. The number of hydrogen-bond acceptors (Lipinski definition) is 8. The number of aromatic nitrogens is 5. The molecule has 4 rings (SSSR count). The molecular formula is C24H33BrN8O2. The minimum atomic E-state index is -0.530. The second kappa shape index (κ2) is 9.60. The molecule has 1 aliphatic heterocycles. The average Bonchev–Trinajstić information content (AvgIpc) is 3.16. The van der Waals surface area contributed by atoms with Crippen molar-refractivity contribution in [3.63, 3.8) is 0 Å². The first-order chi connectivity index (χ1) is 16.4. The van der Waals surface area contributed by atoms with Gasteiger partial charge in [0.15, 0.2) is 11.5 Å². The van der Waals surface area contributed by atoms with Crippen LogP contribution in [0.3, 0.4) is 0 Å². The van der Waals surface area contributed by atoms with Gasteiger partial charge >= 0.3 is 6.09 Å². The number of pyridine rings is 1. The van der Waals surface area contributed by atoms with Crippen LogP contribution < -0.4 is 15.5 Å². The van der Waals surface area contributed by atoms with E-state index in [1.165, 1.54) is 0 Å². The molecule has 188 valence electrons. The maximum atomic E-state index is 12.3. The summed E-state index contributed by atoms with van der Waals surface area (Å²) in [5.41, 5.74) is 0.733. The summed E-state index contributed by atoms with van der Waals surface area (Å²) < 4.78 is 8.02. The van der Waals surface area contributed by atoms with Gasteiger partial charge in [0.2, 0.25) is 0 Å². The zero-order chi connectivity index (χ0) is 25.4. The van der Waals surface area contributed by atoms with E-state index in [-0.39, 0.29) is 11.6 Å². The summed E-state index contributed by atoms with van der Waals surface area (Å²) in [7, 11) is 0. The van der Waals surface area contributed by atoms with Crippen molar-refractivity contribution in [3.05, 3.63) is 28.9 Å². The van der Waals surface area contributed by atoms with E-state index >= 15 is 0 Å². The van der Waals surface area contributed by atoms with E-state index in [0.29, 0.717) is 23.8 Å². The van der Waals surface area contributed by atoms with Gasteiger partial charge in [-0.15, -0.1) is 15.3 Å². The van der Waals surface area contributed by atoms with E-state index in [0.717, 1.165) is 35.2 Å². The topological polar surface area (TPSA) is 110 Å². The number of piperidine rings is 1. The van der Waals surface area contributed by atoms with Gasteiger partial charge in [0.25, 0.3) is 0 Å². The molecule has 1 fully saturated rings. The Hall–Kier alpha value is -2.95. The van der Waals surface area contributed by atoms with Crippen molar-refractivity contribution in [1.29, 1.82) is 0 Å². The molecule has 3 aromatic heterocycles. The fourth-order valence-electron chi connectivity index (χ4n) is 3.96. The van der Waals surface area contributed by atoms with Crippen molar-refractivity contribution in [3.8, 4) is 11.4 Å². The summed E-state index contributed by atoms with van der Waals surface area (Å²) in [6, 6.07) is 5.80. The third-order valence-corrected chi connectivity index (χ3v) is 5.74. The van der Waals surface area contributed by atoms with Crippen molar-refractivity contribution in [2.45, 2.75) is 71.6 Å². The molecule has 1 saturated heterocycles. The minimum Gasteiger partial charge on any atom is -0.444 e. The molecule has 1 unspecified atom stereocenters. The molecule has 0 aliphatic carbocycles. The lowest BCUT2D eigenvalue weighted by molar-refractivity contribution is 0.0500. The number of ether oxygens (including phenoxy) is 1. The first kappa shape index (κ1) is 25.2. The molecule has 0 aromatic carbocycles. The summed E-state index contributed by atoms with van der Waals surface area (Å²) in [5, 5.41) is 20.1. The second-order valence-electron chi connectivity index (χ2n) is 10.8. The van der Waals surface area contributed by atoms with E-state index in [1.54, 1.807) is 10.7 Å². The number of nitrogens with zero attached hydrogens (tertiary/aromatic N) is 6. The second-order valence-corrected chi connectivity index (χ2v) is 11.8. The lowest BCUT2D eigenvalue weighted by atomic mass is 10.1. The monoisotopic (exact) mass is 544 g/mol. The van der Waals surface area contributed by atoms with Crippen LogP contribution >= 0.6 is 15.9 Å². The molecule has 10 nitrogen and oxygen atoms in total. The molecule has 1 aliphatic rings. The van der Waals surface area contributed by atoms with E-state index in [1.807, 2.05) is 39.0 Å². The van der Waals surface area contributed by atoms with Crippen molar-refractivity contribution in [1.82, 2.24) is 30.1 Å². The number of carbonyl (C=O) groups excluding carboxylic acids is 1. The summed E-state index contributed by atoms with van der Waals surface area (Å²) in [4.78, 5) is 19.0. The molecule has 2 N–H and O–H groups in total. The molecule has 4 heterocycles. The SMILES string of the molecule is CC(C)(C)Nc1ncc(Br)cc1-c1nnc2ccc(N3CCCC(NC(=O)OC(C)(C)C)C3)nn12. The van der Waals surface area contributed by atoms with Crippen LogP contribution in [0.2, 0.25) is 0 Å². The smallest absolute Gasteiger partial charge is 0.407 e. The molecule has 0 radical (unpaired) electrons. The van der Waals surface area contributed by atoms with Crippen molar-refractivity contribution in [2.24, 2.45) is 0 Å². The zero-order valence-corrected chi connectivity index (χ0v) is 22.7. The predicted octanol–water partition coefficient (Wildman–Crippen LogP) is 4.65. The van der Waals surface area contributed by atoms with Gasteiger partial charge in [-0.05, 0) is 88.5 Å². The minimum absolute atomic E-state index is 0.0200. The maximum absolute atomic E-state index is 12.3. The van der Waals surface area contributed by atoms with Gasteiger partial charge in [-0.2, -0.15) is 4.52 Å². The first-order valence-electron chi connectivity index (χ1n) is 11.8. The number of hydrogen-bond donors (Lipinski definition) is 2. The molecule has 1 atom stereocenters. The van der Waals surface area contributed by atoms with Crippen LogP contribution in [0.15, 0.2) is 28.9 Å². The number of carbonyl (C=O) groups is 1. The van der Waals surface area contributed by atoms with Crippen molar-refractivity contribution >= 4 is 39.3 Å². The van der Waals surface area contributed by atoms with Crippen LogP contribution in [-0.2, 0) is 4.74 Å². The zero-order valence-electron chi connectivity index (χ0n) is 21.1. The van der Waals surface area contributed by atoms with Gasteiger partial charge in [0, 0.05) is 35.3 Å². The fraction of sp³-hybridized carbons (Fsp3) is 0.542. The van der Waals surface area contributed by atoms with Gasteiger partial charge in [-0.1, -0.05) is 0 Å². The largest absolute Gasteiger partial charge is 0.444 e. The van der Waals surface area contributed by atoms with Gasteiger partial charge in [0.05, 0.1) is 5.56 Å². The number of halogens is 1. The van der Waals surface area contributed by atoms with Gasteiger partial charge in [-0.3, -0.25) is 0 Å². The van der Waals surface area contributed by atoms with Crippen LogP contribution in [-0.4, -0.2) is 61.2 Å². The highest BCUT2D eigenvalue weighted by Gasteiger charge is 2.26. The predicted molar refractivity (Wildman–Crippen MR) is 140 cm³/mol. The lowest BCUT2D eigenvalue weighted by Gasteiger charge is -2.34. The Morgan fingerprint density at radius 1 is 1.17 bits per heavy atom. The number of alkyl carbamates (subject to hydrolysis) is 1. The highest BCUT2D eigenvalue weighted by molar-refractivity contribution is 9.10. The molecule has 11 heteroatoms. The molecular weight excluding hydrogens is 512 g/mol. The Morgan fingerprint density at radius 3 is 2.66 bits per heavy atom. The van der Waals surface area contributed by atoms with Crippen LogP contribution in [0.4, 0.5) is 16.4 Å². The normalized spacial score (nSPS) is 16.9. The van der Waals surface area contributed by atoms with Crippen LogP contribution in [0.25, 0.3) is 17.0 Å². The van der Waals surface area contributed by atoms with Crippen molar-refractivity contribution in [2.75, 3.05) is 23.3 Å². The highest BCUT2D eigenvalue weighted by Crippen LogP contribution is 2.30. The van der Waals surface area contributed by atoms with Gasteiger partial charge in [-0.25, -0.2) is 9.78 Å². The Bertz CT molecular complexity index is 1210. The van der Waals surface area contributed by atoms with E-state index < -0.39 is 11.7 Å². The average molecular weight is 545 g/mol. The fourth-order valence-corrected chi connectivity index (χ4v) is 4.29. The number of fused-ring (bicyclic) bond motifs is 1. The number of amides is 1. The molecule has 3 aromatic rings. The summed E-state index contributed by atoms with van der Waals surface area (Å²) >= 11 is 3.53. The molecule has 35 heavy (non-hydrogen) atoms. The molecule has 0 spiro atoms. The standard InChI is InChI=1S/C24H33BrN8O2/c1-23(2,3)28-20-17(12-15(25)13-26-20)21-30-29-18-9-10-19(31-33(18)21)32-11-7-8-16(14-32)27-22(34)35-24(4,5)6/h9-10,12-13,16H,7-8,11,14H2,1-6H3,(H,26,28)(H,27,34). The van der Waals surface area contributed by atoms with Gasteiger partial charge in [0.1, 0.15) is 17.2 Å². The Kier molecular flexibility index (Phi) is 6.90. The van der Waals surface area contributed by atoms with Crippen LogP contribution in [0.5, 0.6) is 0 Å². The first-order valence-corrected chi connectivity index (χ1v) is 12.6. The molecule has 0 bridgehead atoms.